The van der Waals surface area contributed by atoms with Crippen LogP contribution >= 0.6 is 0 Å². The van der Waals surface area contributed by atoms with Crippen molar-refractivity contribution in [1.82, 2.24) is 14.7 Å². The highest BCUT2D eigenvalue weighted by atomic mass is 19.1. The van der Waals surface area contributed by atoms with E-state index in [9.17, 15) is 23.5 Å². The van der Waals surface area contributed by atoms with Crippen molar-refractivity contribution in [1.29, 1.82) is 0 Å². The summed E-state index contributed by atoms with van der Waals surface area (Å²) in [6.45, 7) is 1.34. The van der Waals surface area contributed by atoms with E-state index in [-0.39, 0.29) is 42.7 Å². The Hall–Kier alpha value is -2.68. The van der Waals surface area contributed by atoms with Gasteiger partial charge >= 0.3 is 0 Å². The Bertz CT molecular complexity index is 1040. The zero-order valence-corrected chi connectivity index (χ0v) is 16.9. The summed E-state index contributed by atoms with van der Waals surface area (Å²) in [7, 11) is 0. The number of halogens is 2. The Morgan fingerprint density at radius 2 is 1.81 bits per heavy atom. The molecule has 8 heteroatoms. The van der Waals surface area contributed by atoms with Gasteiger partial charge in [0.2, 0.25) is 5.91 Å². The van der Waals surface area contributed by atoms with Gasteiger partial charge in [-0.05, 0) is 30.2 Å². The number of rotatable bonds is 4. The van der Waals surface area contributed by atoms with E-state index in [2.05, 4.69) is 0 Å². The fourth-order valence-corrected chi connectivity index (χ4v) is 5.14. The zero-order valence-electron chi connectivity index (χ0n) is 16.9. The topological polar surface area (TPSA) is 64.1 Å². The van der Waals surface area contributed by atoms with Crippen molar-refractivity contribution in [2.45, 2.75) is 37.2 Å². The summed E-state index contributed by atoms with van der Waals surface area (Å²) in [4.78, 5) is 31.6. The highest BCUT2D eigenvalue weighted by Gasteiger charge is 2.64. The van der Waals surface area contributed by atoms with Gasteiger partial charge in [-0.15, -0.1) is 0 Å². The van der Waals surface area contributed by atoms with Crippen LogP contribution in [0.2, 0.25) is 0 Å². The number of amides is 2. The average molecular weight is 427 g/mol. The van der Waals surface area contributed by atoms with Crippen molar-refractivity contribution in [3.63, 3.8) is 0 Å². The molecular weight excluding hydrogens is 404 g/mol. The molecule has 2 atom stereocenters. The van der Waals surface area contributed by atoms with Crippen molar-refractivity contribution in [2.75, 3.05) is 19.6 Å². The summed E-state index contributed by atoms with van der Waals surface area (Å²) in [6.07, 6.45) is -0.435. The number of fused-ring (bicyclic) bond motifs is 2. The predicted molar refractivity (Wildman–Crippen MR) is 107 cm³/mol. The lowest BCUT2D eigenvalue weighted by Gasteiger charge is -2.58. The fraction of sp³-hybridized carbons (Fsp3) is 0.391. The van der Waals surface area contributed by atoms with Gasteiger partial charge in [-0.2, -0.15) is 0 Å². The van der Waals surface area contributed by atoms with Gasteiger partial charge in [0.05, 0.1) is 18.7 Å². The van der Waals surface area contributed by atoms with Crippen LogP contribution in [0.15, 0.2) is 48.5 Å². The number of carbonyl (C=O) groups is 2. The lowest BCUT2D eigenvalue weighted by molar-refractivity contribution is -0.181. The summed E-state index contributed by atoms with van der Waals surface area (Å²) >= 11 is 0. The number of piperazine rings is 1. The van der Waals surface area contributed by atoms with E-state index in [0.29, 0.717) is 19.6 Å². The molecule has 1 N–H and O–H groups in total. The molecule has 0 bridgehead atoms. The highest BCUT2D eigenvalue weighted by molar-refractivity contribution is 6.06. The first-order valence-electron chi connectivity index (χ1n) is 10.4. The third kappa shape index (κ3) is 3.35. The Labute approximate surface area is 178 Å². The van der Waals surface area contributed by atoms with Crippen LogP contribution in [0.4, 0.5) is 8.78 Å². The van der Waals surface area contributed by atoms with Crippen LogP contribution in [0.25, 0.3) is 0 Å². The molecule has 6 nitrogen and oxygen atoms in total. The molecule has 2 unspecified atom stereocenters. The number of β-amino-alcohol motifs (C(OH)–C–C–N with tert-alkyl or cyclic N) is 1. The molecule has 1 spiro atoms. The van der Waals surface area contributed by atoms with E-state index in [1.807, 2.05) is 15.9 Å². The third-order valence-electron chi connectivity index (χ3n) is 6.57. The minimum atomic E-state index is -0.936. The van der Waals surface area contributed by atoms with Crippen LogP contribution in [0.3, 0.4) is 0 Å². The average Bonchev–Trinajstić information content (AvgIpc) is 3.10. The summed E-state index contributed by atoms with van der Waals surface area (Å²) < 4.78 is 27.7. The van der Waals surface area contributed by atoms with Gasteiger partial charge in [0, 0.05) is 31.7 Å². The molecule has 2 aromatic carbocycles. The molecule has 5 rings (SSSR count). The van der Waals surface area contributed by atoms with E-state index >= 15 is 0 Å². The molecule has 162 valence electrons. The van der Waals surface area contributed by atoms with Gasteiger partial charge in [0.15, 0.2) is 0 Å². The maximum absolute atomic E-state index is 14.2. The fourth-order valence-electron chi connectivity index (χ4n) is 5.14. The lowest BCUT2D eigenvalue weighted by atomic mass is 9.82. The lowest BCUT2D eigenvalue weighted by Crippen LogP contribution is -2.81. The van der Waals surface area contributed by atoms with E-state index in [1.54, 1.807) is 24.3 Å². The van der Waals surface area contributed by atoms with Crippen LogP contribution in [-0.2, 0) is 22.7 Å². The molecule has 2 amide bonds. The molecule has 0 radical (unpaired) electrons. The zero-order chi connectivity index (χ0) is 21.8. The van der Waals surface area contributed by atoms with E-state index in [4.69, 9.17) is 0 Å². The number of benzene rings is 2. The third-order valence-corrected chi connectivity index (χ3v) is 6.57. The summed E-state index contributed by atoms with van der Waals surface area (Å²) in [5.41, 5.74) is 0.145. The quantitative estimate of drug-likeness (QED) is 0.750. The van der Waals surface area contributed by atoms with Gasteiger partial charge in [0.25, 0.3) is 5.91 Å². The number of hydrogen-bond acceptors (Lipinski definition) is 5. The predicted octanol–water partition coefficient (Wildman–Crippen LogP) is 1.52. The van der Waals surface area contributed by atoms with E-state index in [0.717, 1.165) is 10.5 Å². The molecule has 3 fully saturated rings. The number of nitrogens with zero attached hydrogens (tertiary/aromatic N) is 3. The highest BCUT2D eigenvalue weighted by Crippen LogP contribution is 2.41. The van der Waals surface area contributed by atoms with Crippen molar-refractivity contribution in [3.8, 4) is 0 Å². The molecule has 0 aromatic heterocycles. The molecule has 2 aromatic rings. The van der Waals surface area contributed by atoms with Gasteiger partial charge in [0.1, 0.15) is 17.2 Å². The molecule has 3 saturated heterocycles. The number of aliphatic hydroxyl groups excluding tert-OH is 1. The normalized spacial score (nSPS) is 25.7. The van der Waals surface area contributed by atoms with Crippen LogP contribution in [0, 0.1) is 11.6 Å². The number of aliphatic hydroxyl groups is 1. The SMILES string of the molecule is O=C1C2CC(O)CN2C2(CN(Cc3cccc(F)c3)C2)C(=O)N1Cc1ccccc1F. The number of likely N-dealkylation sites (tertiary alicyclic amines) is 1. The number of hydrogen-bond donors (Lipinski definition) is 1. The standard InChI is InChI=1S/C23H23F2N3O3/c24-17-6-3-4-15(8-17)10-26-13-23(14-26)22(31)27(11-16-5-1-2-7-19(16)25)21(30)20-9-18(29)12-28(20)23/h1-8,18,20,29H,9-14H2. The molecule has 31 heavy (non-hydrogen) atoms. The Morgan fingerprint density at radius 3 is 2.55 bits per heavy atom. The first kappa shape index (κ1) is 20.2. The molecule has 3 aliphatic rings. The van der Waals surface area contributed by atoms with Gasteiger partial charge in [-0.3, -0.25) is 24.3 Å². The van der Waals surface area contributed by atoms with Crippen molar-refractivity contribution in [2.24, 2.45) is 0 Å². The first-order valence-corrected chi connectivity index (χ1v) is 10.4. The van der Waals surface area contributed by atoms with Crippen LogP contribution < -0.4 is 0 Å². The Balaban J connectivity index is 1.40. The van der Waals surface area contributed by atoms with Crippen molar-refractivity contribution in [3.05, 3.63) is 71.3 Å². The number of carbonyl (C=O) groups excluding carboxylic acids is 2. The largest absolute Gasteiger partial charge is 0.392 e. The second-order valence-corrected chi connectivity index (χ2v) is 8.69. The van der Waals surface area contributed by atoms with Gasteiger partial charge in [-0.25, -0.2) is 8.78 Å². The van der Waals surface area contributed by atoms with Gasteiger partial charge in [-0.1, -0.05) is 30.3 Å². The van der Waals surface area contributed by atoms with E-state index < -0.39 is 23.5 Å². The van der Waals surface area contributed by atoms with Crippen molar-refractivity contribution >= 4 is 11.8 Å². The summed E-state index contributed by atoms with van der Waals surface area (Å²) in [5.74, 6) is -1.53. The van der Waals surface area contributed by atoms with Crippen LogP contribution in [0.5, 0.6) is 0 Å². The Kier molecular flexibility index (Phi) is 4.88. The monoisotopic (exact) mass is 427 g/mol. The van der Waals surface area contributed by atoms with Gasteiger partial charge < -0.3 is 5.11 Å². The summed E-state index contributed by atoms with van der Waals surface area (Å²) in [5, 5.41) is 10.2. The summed E-state index contributed by atoms with van der Waals surface area (Å²) in [6, 6.07) is 11.8. The Morgan fingerprint density at radius 1 is 1.03 bits per heavy atom. The molecular formula is C23H23F2N3O3. The maximum Gasteiger partial charge on any atom is 0.252 e. The van der Waals surface area contributed by atoms with Crippen LogP contribution in [-0.4, -0.2) is 68.9 Å². The molecule has 3 aliphatic heterocycles. The molecule has 0 saturated carbocycles. The molecule has 3 heterocycles. The smallest absolute Gasteiger partial charge is 0.252 e. The molecule has 0 aliphatic carbocycles. The van der Waals surface area contributed by atoms with Crippen LogP contribution in [0.1, 0.15) is 17.5 Å². The second kappa shape index (κ2) is 7.47. The minimum Gasteiger partial charge on any atom is -0.392 e. The number of imide groups is 1. The van der Waals surface area contributed by atoms with E-state index in [1.165, 1.54) is 18.2 Å². The minimum absolute atomic E-state index is 0.129. The van der Waals surface area contributed by atoms with Crippen molar-refractivity contribution < 1.29 is 23.5 Å². The first-order chi connectivity index (χ1) is 14.9. The maximum atomic E-state index is 14.2. The second-order valence-electron chi connectivity index (χ2n) is 8.69.